The van der Waals surface area contributed by atoms with Crippen LogP contribution < -0.4 is 10.1 Å². The number of aryl methyl sites for hydroxylation is 1. The van der Waals surface area contributed by atoms with E-state index in [4.69, 9.17) is 4.74 Å². The van der Waals surface area contributed by atoms with Crippen LogP contribution in [0.3, 0.4) is 0 Å². The Hall–Kier alpha value is -2.47. The molecule has 6 heteroatoms. The van der Waals surface area contributed by atoms with Gasteiger partial charge in [0.15, 0.2) is 0 Å². The van der Waals surface area contributed by atoms with Crippen molar-refractivity contribution in [2.75, 3.05) is 37.0 Å². The van der Waals surface area contributed by atoms with Crippen molar-refractivity contribution in [1.29, 1.82) is 0 Å². The van der Waals surface area contributed by atoms with Gasteiger partial charge in [-0.3, -0.25) is 9.59 Å². The van der Waals surface area contributed by atoms with Gasteiger partial charge in [0.25, 0.3) is 5.91 Å². The van der Waals surface area contributed by atoms with Crippen molar-refractivity contribution < 1.29 is 14.3 Å². The zero-order valence-electron chi connectivity index (χ0n) is 17.8. The van der Waals surface area contributed by atoms with Crippen LogP contribution in [-0.4, -0.2) is 48.4 Å². The maximum atomic E-state index is 12.8. The summed E-state index contributed by atoms with van der Waals surface area (Å²) in [7, 11) is 1.66. The molecule has 1 saturated heterocycles. The number of thioether (sulfide) groups is 1. The highest BCUT2D eigenvalue weighted by molar-refractivity contribution is 7.99. The Bertz CT molecular complexity index is 861. The van der Waals surface area contributed by atoms with E-state index in [1.165, 1.54) is 5.56 Å². The molecule has 1 N–H and O–H groups in total. The molecule has 0 aromatic heterocycles. The van der Waals surface area contributed by atoms with Gasteiger partial charge >= 0.3 is 0 Å². The predicted molar refractivity (Wildman–Crippen MR) is 124 cm³/mol. The van der Waals surface area contributed by atoms with Crippen LogP contribution in [0, 0.1) is 6.92 Å². The summed E-state index contributed by atoms with van der Waals surface area (Å²) in [6, 6.07) is 13.6. The normalized spacial score (nSPS) is 13.7. The van der Waals surface area contributed by atoms with Crippen molar-refractivity contribution in [2.45, 2.75) is 32.6 Å². The van der Waals surface area contributed by atoms with Crippen LogP contribution in [-0.2, 0) is 11.2 Å². The first kappa shape index (κ1) is 22.2. The minimum atomic E-state index is -0.00759. The molecular formula is C24H30N2O3S. The number of methoxy groups -OCH3 is 1. The molecule has 0 saturated carbocycles. The number of carbonyl (C=O) groups excluding carboxylic acids is 2. The first-order valence-electron chi connectivity index (χ1n) is 10.5. The van der Waals surface area contributed by atoms with Crippen molar-refractivity contribution in [2.24, 2.45) is 0 Å². The Morgan fingerprint density at radius 1 is 1.07 bits per heavy atom. The molecule has 0 spiro atoms. The monoisotopic (exact) mass is 426 g/mol. The van der Waals surface area contributed by atoms with E-state index in [-0.39, 0.29) is 11.8 Å². The number of hydrogen-bond donors (Lipinski definition) is 1. The molecule has 0 unspecified atom stereocenters. The number of anilines is 1. The summed E-state index contributed by atoms with van der Waals surface area (Å²) >= 11 is 1.88. The van der Waals surface area contributed by atoms with Crippen LogP contribution in [0.2, 0.25) is 0 Å². The first-order chi connectivity index (χ1) is 14.6. The van der Waals surface area contributed by atoms with Crippen molar-refractivity contribution in [3.05, 3.63) is 59.2 Å². The van der Waals surface area contributed by atoms with Gasteiger partial charge in [-0.05, 0) is 61.6 Å². The Morgan fingerprint density at radius 2 is 1.80 bits per heavy atom. The third-order valence-corrected chi connectivity index (χ3v) is 6.36. The third kappa shape index (κ3) is 6.02. The molecule has 1 aliphatic heterocycles. The quantitative estimate of drug-likeness (QED) is 0.630. The Balaban J connectivity index is 1.49. The second kappa shape index (κ2) is 11.1. The lowest BCUT2D eigenvalue weighted by Crippen LogP contribution is -2.38. The number of nitrogens with zero attached hydrogens (tertiary/aromatic N) is 1. The van der Waals surface area contributed by atoms with Gasteiger partial charge < -0.3 is 15.0 Å². The van der Waals surface area contributed by atoms with Gasteiger partial charge in [-0.1, -0.05) is 18.2 Å². The largest absolute Gasteiger partial charge is 0.497 e. The number of nitrogens with one attached hydrogen (secondary N) is 1. The number of ether oxygens (including phenoxy) is 1. The lowest BCUT2D eigenvalue weighted by atomic mass is 10.0. The van der Waals surface area contributed by atoms with Crippen LogP contribution in [0.5, 0.6) is 5.75 Å². The van der Waals surface area contributed by atoms with E-state index in [9.17, 15) is 9.59 Å². The molecule has 0 aliphatic carbocycles. The number of unbranched alkanes of at least 4 members (excludes halogenated alkanes) is 1. The molecular weight excluding hydrogens is 396 g/mol. The summed E-state index contributed by atoms with van der Waals surface area (Å²) in [6.07, 6.45) is 3.18. The molecule has 0 radical (unpaired) electrons. The standard InChI is InChI=1S/C24H30N2O3S/c1-18-21(24(28)26-14-16-30-17-15-26)7-5-8-22(18)25-23(27)9-4-3-6-19-10-12-20(29-2)13-11-19/h5,7-8,10-13H,3-4,6,9,14-17H2,1-2H3,(H,25,27). The summed E-state index contributed by atoms with van der Waals surface area (Å²) in [4.78, 5) is 27.2. The molecule has 30 heavy (non-hydrogen) atoms. The van der Waals surface area contributed by atoms with E-state index >= 15 is 0 Å². The molecule has 2 amide bonds. The lowest BCUT2D eigenvalue weighted by molar-refractivity contribution is -0.116. The summed E-state index contributed by atoms with van der Waals surface area (Å²) in [6.45, 7) is 3.48. The van der Waals surface area contributed by atoms with Gasteiger partial charge in [-0.15, -0.1) is 0 Å². The van der Waals surface area contributed by atoms with E-state index in [1.807, 2.05) is 53.9 Å². The van der Waals surface area contributed by atoms with Crippen LogP contribution in [0.4, 0.5) is 5.69 Å². The van der Waals surface area contributed by atoms with Crippen LogP contribution in [0.1, 0.15) is 40.7 Å². The zero-order valence-corrected chi connectivity index (χ0v) is 18.6. The Labute approximate surface area is 183 Å². The minimum absolute atomic E-state index is 0.00759. The fraction of sp³-hybridized carbons (Fsp3) is 0.417. The van der Waals surface area contributed by atoms with E-state index in [0.29, 0.717) is 12.0 Å². The molecule has 3 rings (SSSR count). The smallest absolute Gasteiger partial charge is 0.254 e. The molecule has 160 valence electrons. The molecule has 1 heterocycles. The topological polar surface area (TPSA) is 58.6 Å². The number of carbonyl (C=O) groups is 2. The second-order valence-electron chi connectivity index (χ2n) is 7.49. The summed E-state index contributed by atoms with van der Waals surface area (Å²) in [5.74, 6) is 2.87. The van der Waals surface area contributed by atoms with Gasteiger partial charge in [0.2, 0.25) is 5.91 Å². The second-order valence-corrected chi connectivity index (χ2v) is 8.71. The van der Waals surface area contributed by atoms with Crippen LogP contribution in [0.15, 0.2) is 42.5 Å². The van der Waals surface area contributed by atoms with Crippen molar-refractivity contribution >= 4 is 29.3 Å². The number of amides is 2. The lowest BCUT2D eigenvalue weighted by Gasteiger charge is -2.27. The van der Waals surface area contributed by atoms with E-state index < -0.39 is 0 Å². The first-order valence-corrected chi connectivity index (χ1v) is 11.6. The van der Waals surface area contributed by atoms with E-state index in [1.54, 1.807) is 7.11 Å². The summed E-state index contributed by atoms with van der Waals surface area (Å²) < 4.78 is 5.17. The number of hydrogen-bond acceptors (Lipinski definition) is 4. The van der Waals surface area contributed by atoms with Gasteiger partial charge in [0.1, 0.15) is 5.75 Å². The van der Waals surface area contributed by atoms with Crippen molar-refractivity contribution in [1.82, 2.24) is 4.90 Å². The number of benzene rings is 2. The highest BCUT2D eigenvalue weighted by Crippen LogP contribution is 2.22. The fourth-order valence-electron chi connectivity index (χ4n) is 3.56. The average Bonchev–Trinajstić information content (AvgIpc) is 2.78. The number of rotatable bonds is 8. The summed E-state index contributed by atoms with van der Waals surface area (Å²) in [5.41, 5.74) is 3.49. The maximum Gasteiger partial charge on any atom is 0.254 e. The highest BCUT2D eigenvalue weighted by Gasteiger charge is 2.21. The van der Waals surface area contributed by atoms with Crippen LogP contribution in [0.25, 0.3) is 0 Å². The predicted octanol–water partition coefficient (Wildman–Crippen LogP) is 4.54. The van der Waals surface area contributed by atoms with E-state index in [2.05, 4.69) is 17.4 Å². The zero-order chi connectivity index (χ0) is 21.3. The van der Waals surface area contributed by atoms with Crippen LogP contribution >= 0.6 is 11.8 Å². The molecule has 0 bridgehead atoms. The van der Waals surface area contributed by atoms with Crippen molar-refractivity contribution in [3.8, 4) is 5.75 Å². The molecule has 1 aliphatic rings. The minimum Gasteiger partial charge on any atom is -0.497 e. The Morgan fingerprint density at radius 3 is 2.50 bits per heavy atom. The average molecular weight is 427 g/mol. The van der Waals surface area contributed by atoms with Gasteiger partial charge in [0, 0.05) is 42.3 Å². The van der Waals surface area contributed by atoms with E-state index in [0.717, 1.165) is 60.9 Å². The maximum absolute atomic E-state index is 12.8. The van der Waals surface area contributed by atoms with Gasteiger partial charge in [0.05, 0.1) is 7.11 Å². The molecule has 5 nitrogen and oxygen atoms in total. The molecule has 1 fully saturated rings. The van der Waals surface area contributed by atoms with Gasteiger partial charge in [-0.25, -0.2) is 0 Å². The SMILES string of the molecule is COc1ccc(CCCCC(=O)Nc2cccc(C(=O)N3CCSCC3)c2C)cc1. The van der Waals surface area contributed by atoms with Crippen molar-refractivity contribution in [3.63, 3.8) is 0 Å². The summed E-state index contributed by atoms with van der Waals surface area (Å²) in [5, 5.41) is 2.99. The fourth-order valence-corrected chi connectivity index (χ4v) is 4.46. The highest BCUT2D eigenvalue weighted by atomic mass is 32.2. The molecule has 2 aromatic carbocycles. The Kier molecular flexibility index (Phi) is 8.20. The van der Waals surface area contributed by atoms with Gasteiger partial charge in [-0.2, -0.15) is 11.8 Å². The molecule has 0 atom stereocenters. The third-order valence-electron chi connectivity index (χ3n) is 5.41. The molecule has 2 aromatic rings.